The van der Waals surface area contributed by atoms with E-state index in [1.54, 1.807) is 19.2 Å². The lowest BCUT2D eigenvalue weighted by Crippen LogP contribution is -2.26. The lowest BCUT2D eigenvalue weighted by atomic mass is 10.1. The summed E-state index contributed by atoms with van der Waals surface area (Å²) in [6.07, 6.45) is 4.41. The molecule has 0 atom stereocenters. The summed E-state index contributed by atoms with van der Waals surface area (Å²) in [5.41, 5.74) is 2.50. The molecule has 2 aromatic carbocycles. The summed E-state index contributed by atoms with van der Waals surface area (Å²) >= 11 is 0. The zero-order valence-corrected chi connectivity index (χ0v) is 16.2. The van der Waals surface area contributed by atoms with Gasteiger partial charge in [0.15, 0.2) is 0 Å². The minimum atomic E-state index is -0.271. The highest BCUT2D eigenvalue weighted by atomic mass is 19.1. The molecule has 6 nitrogen and oxygen atoms in total. The fraction of sp³-hybridized carbons (Fsp3) is 0.227. The molecule has 150 valence electrons. The first kappa shape index (κ1) is 20.3. The molecule has 0 bridgehead atoms. The molecule has 0 spiro atoms. The average Bonchev–Trinajstić information content (AvgIpc) is 2.76. The van der Waals surface area contributed by atoms with Crippen molar-refractivity contribution in [2.45, 2.75) is 12.8 Å². The van der Waals surface area contributed by atoms with Crippen LogP contribution < -0.4 is 15.4 Å². The molecule has 0 radical (unpaired) electrons. The number of carbonyl (C=O) groups is 1. The number of nitrogens with zero attached hydrogens (tertiary/aromatic N) is 2. The van der Waals surface area contributed by atoms with E-state index < -0.39 is 0 Å². The molecule has 3 aromatic rings. The summed E-state index contributed by atoms with van der Waals surface area (Å²) in [5.74, 6) is 0.784. The highest BCUT2D eigenvalue weighted by Gasteiger charge is 2.07. The summed E-state index contributed by atoms with van der Waals surface area (Å²) in [4.78, 5) is 20.6. The SMILES string of the molecule is COc1cccc(CCNc2ncc(C(=O)NCCc3ccc(F)cc3)cn2)c1. The van der Waals surface area contributed by atoms with Gasteiger partial charge in [0.1, 0.15) is 11.6 Å². The van der Waals surface area contributed by atoms with Crippen LogP contribution in [0, 0.1) is 5.82 Å². The fourth-order valence-electron chi connectivity index (χ4n) is 2.76. The van der Waals surface area contributed by atoms with Crippen molar-refractivity contribution in [1.29, 1.82) is 0 Å². The first-order valence-electron chi connectivity index (χ1n) is 9.35. The molecule has 0 aliphatic rings. The minimum Gasteiger partial charge on any atom is -0.497 e. The molecule has 7 heteroatoms. The largest absolute Gasteiger partial charge is 0.497 e. The number of anilines is 1. The van der Waals surface area contributed by atoms with Crippen molar-refractivity contribution < 1.29 is 13.9 Å². The number of halogens is 1. The summed E-state index contributed by atoms with van der Waals surface area (Å²) in [6.45, 7) is 1.11. The van der Waals surface area contributed by atoms with E-state index in [1.807, 2.05) is 24.3 Å². The van der Waals surface area contributed by atoms with Crippen LogP contribution in [0.1, 0.15) is 21.5 Å². The second kappa shape index (κ2) is 10.2. The predicted molar refractivity (Wildman–Crippen MR) is 110 cm³/mol. The Morgan fingerprint density at radius 1 is 1.00 bits per heavy atom. The van der Waals surface area contributed by atoms with E-state index in [2.05, 4.69) is 20.6 Å². The van der Waals surface area contributed by atoms with Crippen molar-refractivity contribution in [1.82, 2.24) is 15.3 Å². The number of amides is 1. The van der Waals surface area contributed by atoms with Gasteiger partial charge in [-0.25, -0.2) is 14.4 Å². The number of rotatable bonds is 9. The first-order chi connectivity index (χ1) is 14.1. The number of aromatic nitrogens is 2. The first-order valence-corrected chi connectivity index (χ1v) is 9.35. The Balaban J connectivity index is 1.42. The Morgan fingerprint density at radius 3 is 2.45 bits per heavy atom. The van der Waals surface area contributed by atoms with Gasteiger partial charge in [0, 0.05) is 25.5 Å². The van der Waals surface area contributed by atoms with Crippen molar-refractivity contribution in [2.24, 2.45) is 0 Å². The molecule has 0 unspecified atom stereocenters. The van der Waals surface area contributed by atoms with Gasteiger partial charge < -0.3 is 15.4 Å². The molecule has 0 aliphatic heterocycles. The maximum Gasteiger partial charge on any atom is 0.254 e. The topological polar surface area (TPSA) is 76.1 Å². The second-order valence-electron chi connectivity index (χ2n) is 6.46. The Bertz CT molecular complexity index is 930. The Labute approximate surface area is 169 Å². The van der Waals surface area contributed by atoms with Gasteiger partial charge in [-0.1, -0.05) is 24.3 Å². The molecule has 3 rings (SSSR count). The van der Waals surface area contributed by atoms with Crippen LogP contribution in [0.15, 0.2) is 60.9 Å². The molecule has 1 amide bonds. The smallest absolute Gasteiger partial charge is 0.254 e. The molecule has 29 heavy (non-hydrogen) atoms. The molecule has 1 aromatic heterocycles. The van der Waals surface area contributed by atoms with Crippen LogP contribution in [0.25, 0.3) is 0 Å². The Hall–Kier alpha value is -3.48. The molecule has 0 fully saturated rings. The predicted octanol–water partition coefficient (Wildman–Crippen LogP) is 3.25. The van der Waals surface area contributed by atoms with E-state index in [0.717, 1.165) is 23.3 Å². The average molecular weight is 394 g/mol. The summed E-state index contributed by atoms with van der Waals surface area (Å²) in [6, 6.07) is 14.1. The molecule has 0 saturated heterocycles. The molecular weight excluding hydrogens is 371 g/mol. The fourth-order valence-corrected chi connectivity index (χ4v) is 2.76. The van der Waals surface area contributed by atoms with E-state index in [0.29, 0.717) is 31.0 Å². The van der Waals surface area contributed by atoms with Crippen LogP contribution in [-0.2, 0) is 12.8 Å². The van der Waals surface area contributed by atoms with Crippen LogP contribution in [0.2, 0.25) is 0 Å². The number of hydrogen-bond donors (Lipinski definition) is 2. The summed E-state index contributed by atoms with van der Waals surface area (Å²) in [7, 11) is 1.64. The van der Waals surface area contributed by atoms with Crippen LogP contribution >= 0.6 is 0 Å². The van der Waals surface area contributed by atoms with E-state index in [-0.39, 0.29) is 11.7 Å². The Kier molecular flexibility index (Phi) is 7.10. The number of hydrogen-bond acceptors (Lipinski definition) is 5. The van der Waals surface area contributed by atoms with Crippen LogP contribution in [0.4, 0.5) is 10.3 Å². The number of nitrogens with one attached hydrogen (secondary N) is 2. The minimum absolute atomic E-state index is 0.241. The van der Waals surface area contributed by atoms with Crippen LogP contribution in [-0.4, -0.2) is 36.1 Å². The van der Waals surface area contributed by atoms with Gasteiger partial charge in [-0.05, 0) is 48.2 Å². The molecule has 1 heterocycles. The van der Waals surface area contributed by atoms with E-state index in [9.17, 15) is 9.18 Å². The third-order valence-corrected chi connectivity index (χ3v) is 4.36. The number of methoxy groups -OCH3 is 1. The summed E-state index contributed by atoms with van der Waals surface area (Å²) < 4.78 is 18.1. The van der Waals surface area contributed by atoms with Gasteiger partial charge >= 0.3 is 0 Å². The maximum atomic E-state index is 12.9. The van der Waals surface area contributed by atoms with E-state index in [4.69, 9.17) is 4.74 Å². The van der Waals surface area contributed by atoms with E-state index >= 15 is 0 Å². The van der Waals surface area contributed by atoms with Crippen molar-refractivity contribution in [3.8, 4) is 5.75 Å². The van der Waals surface area contributed by atoms with Crippen molar-refractivity contribution >= 4 is 11.9 Å². The maximum absolute atomic E-state index is 12.9. The highest BCUT2D eigenvalue weighted by Crippen LogP contribution is 2.13. The van der Waals surface area contributed by atoms with Crippen molar-refractivity contribution in [3.63, 3.8) is 0 Å². The van der Waals surface area contributed by atoms with Crippen LogP contribution in [0.5, 0.6) is 5.75 Å². The zero-order valence-electron chi connectivity index (χ0n) is 16.2. The summed E-state index contributed by atoms with van der Waals surface area (Å²) in [5, 5.41) is 5.95. The normalized spacial score (nSPS) is 10.4. The van der Waals surface area contributed by atoms with Gasteiger partial charge in [-0.15, -0.1) is 0 Å². The standard InChI is InChI=1S/C22H23FN4O2/c1-29-20-4-2-3-17(13-20)10-12-25-22-26-14-18(15-27-22)21(28)24-11-9-16-5-7-19(23)8-6-16/h2-8,13-15H,9-12H2,1H3,(H,24,28)(H,25,26,27). The number of ether oxygens (including phenoxy) is 1. The quantitative estimate of drug-likeness (QED) is 0.583. The highest BCUT2D eigenvalue weighted by molar-refractivity contribution is 5.93. The van der Waals surface area contributed by atoms with Gasteiger partial charge in [-0.3, -0.25) is 4.79 Å². The van der Waals surface area contributed by atoms with Crippen molar-refractivity contribution in [3.05, 3.63) is 83.4 Å². The lowest BCUT2D eigenvalue weighted by molar-refractivity contribution is 0.0953. The molecule has 0 saturated carbocycles. The molecule has 0 aliphatic carbocycles. The number of carbonyl (C=O) groups excluding carboxylic acids is 1. The third kappa shape index (κ3) is 6.27. The van der Waals surface area contributed by atoms with E-state index in [1.165, 1.54) is 24.5 Å². The molecular formula is C22H23FN4O2. The number of benzene rings is 2. The second-order valence-corrected chi connectivity index (χ2v) is 6.46. The van der Waals surface area contributed by atoms with Gasteiger partial charge in [0.25, 0.3) is 5.91 Å². The third-order valence-electron chi connectivity index (χ3n) is 4.36. The van der Waals surface area contributed by atoms with Crippen molar-refractivity contribution in [2.75, 3.05) is 25.5 Å². The van der Waals surface area contributed by atoms with Crippen LogP contribution in [0.3, 0.4) is 0 Å². The lowest BCUT2D eigenvalue weighted by Gasteiger charge is -2.08. The Morgan fingerprint density at radius 2 is 1.72 bits per heavy atom. The zero-order chi connectivity index (χ0) is 20.5. The van der Waals surface area contributed by atoms with Gasteiger partial charge in [0.2, 0.25) is 5.95 Å². The van der Waals surface area contributed by atoms with Gasteiger partial charge in [0.05, 0.1) is 12.7 Å². The molecule has 2 N–H and O–H groups in total. The monoisotopic (exact) mass is 394 g/mol. The van der Waals surface area contributed by atoms with Gasteiger partial charge in [-0.2, -0.15) is 0 Å².